The molecule has 1 amide bonds. The zero-order chi connectivity index (χ0) is 17.7. The molecule has 24 heavy (non-hydrogen) atoms. The first-order valence-corrected chi connectivity index (χ1v) is 10.5. The molecule has 134 valence electrons. The lowest BCUT2D eigenvalue weighted by atomic mass is 10.2. The maximum Gasteiger partial charge on any atom is 0.275 e. The highest BCUT2D eigenvalue weighted by Crippen LogP contribution is 2.24. The number of quaternary nitrogens is 1. The van der Waals surface area contributed by atoms with Crippen LogP contribution in [0.3, 0.4) is 0 Å². The van der Waals surface area contributed by atoms with Gasteiger partial charge in [0.2, 0.25) is 10.0 Å². The van der Waals surface area contributed by atoms with E-state index < -0.39 is 10.0 Å². The molecule has 0 aromatic heterocycles. The van der Waals surface area contributed by atoms with E-state index in [1.807, 2.05) is 13.8 Å². The fourth-order valence-corrected chi connectivity index (χ4v) is 5.07. The summed E-state index contributed by atoms with van der Waals surface area (Å²) < 4.78 is 27.5. The minimum Gasteiger partial charge on any atom is -0.349 e. The summed E-state index contributed by atoms with van der Waals surface area (Å²) >= 11 is 3.31. The first kappa shape index (κ1) is 19.4. The van der Waals surface area contributed by atoms with Crippen molar-refractivity contribution in [2.24, 2.45) is 0 Å². The zero-order valence-corrected chi connectivity index (χ0v) is 16.5. The number of amides is 1. The predicted octanol–water partition coefficient (Wildman–Crippen LogP) is 0.253. The Balaban J connectivity index is 1.93. The highest BCUT2D eigenvalue weighted by atomic mass is 79.9. The van der Waals surface area contributed by atoms with E-state index in [0.717, 1.165) is 11.3 Å². The number of halogens is 1. The van der Waals surface area contributed by atoms with Crippen LogP contribution >= 0.6 is 15.9 Å². The van der Waals surface area contributed by atoms with Gasteiger partial charge < -0.3 is 10.2 Å². The van der Waals surface area contributed by atoms with E-state index in [-0.39, 0.29) is 11.9 Å². The molecule has 1 saturated heterocycles. The number of carbonyl (C=O) groups is 1. The number of piperazine rings is 1. The van der Waals surface area contributed by atoms with Gasteiger partial charge in [0.05, 0.1) is 31.1 Å². The fraction of sp³-hybridized carbons (Fsp3) is 0.562. The fourth-order valence-electron chi connectivity index (χ4n) is 2.67. The molecule has 2 rings (SSSR count). The summed E-state index contributed by atoms with van der Waals surface area (Å²) in [5, 5.41) is 2.95. The Morgan fingerprint density at radius 1 is 1.33 bits per heavy atom. The predicted molar refractivity (Wildman–Crippen MR) is 96.4 cm³/mol. The monoisotopic (exact) mass is 418 g/mol. The molecule has 2 N–H and O–H groups in total. The molecule has 1 aliphatic heterocycles. The van der Waals surface area contributed by atoms with Crippen molar-refractivity contribution in [2.45, 2.75) is 31.2 Å². The molecule has 0 radical (unpaired) electrons. The molecular weight excluding hydrogens is 394 g/mol. The number of nitrogens with zero attached hydrogens (tertiary/aromatic N) is 1. The molecule has 0 spiro atoms. The lowest BCUT2D eigenvalue weighted by molar-refractivity contribution is -0.895. The summed E-state index contributed by atoms with van der Waals surface area (Å²) in [5.41, 5.74) is 0. The number of benzene rings is 1. The van der Waals surface area contributed by atoms with Crippen LogP contribution in [-0.2, 0) is 14.8 Å². The molecule has 0 saturated carbocycles. The van der Waals surface area contributed by atoms with Crippen LogP contribution in [0.15, 0.2) is 33.6 Å². The van der Waals surface area contributed by atoms with Crippen molar-refractivity contribution < 1.29 is 18.1 Å². The van der Waals surface area contributed by atoms with Crippen LogP contribution in [0.2, 0.25) is 0 Å². The van der Waals surface area contributed by atoms with Gasteiger partial charge in [0.1, 0.15) is 0 Å². The Morgan fingerprint density at radius 2 is 1.96 bits per heavy atom. The summed E-state index contributed by atoms with van der Waals surface area (Å²) in [6, 6.07) is 7.03. The molecule has 0 aliphatic carbocycles. The van der Waals surface area contributed by atoms with Crippen molar-refractivity contribution in [2.75, 3.05) is 32.7 Å². The third kappa shape index (κ3) is 4.78. The Kier molecular flexibility index (Phi) is 6.79. The van der Waals surface area contributed by atoms with Crippen LogP contribution in [0.4, 0.5) is 0 Å². The van der Waals surface area contributed by atoms with Gasteiger partial charge in [-0.3, -0.25) is 4.79 Å². The lowest BCUT2D eigenvalue weighted by Gasteiger charge is -2.31. The van der Waals surface area contributed by atoms with Crippen LogP contribution in [0, 0.1) is 0 Å². The number of nitrogens with one attached hydrogen (secondary N) is 2. The van der Waals surface area contributed by atoms with Gasteiger partial charge >= 0.3 is 0 Å². The Bertz CT molecular complexity index is 673. The summed E-state index contributed by atoms with van der Waals surface area (Å²) in [6.07, 6.45) is 0.902. The second-order valence-corrected chi connectivity index (χ2v) is 8.90. The molecule has 0 bridgehead atoms. The highest BCUT2D eigenvalue weighted by molar-refractivity contribution is 9.10. The normalized spacial score (nSPS) is 18.3. The molecule has 8 heteroatoms. The Hall–Kier alpha value is -0.960. The van der Waals surface area contributed by atoms with E-state index in [9.17, 15) is 13.2 Å². The standard InChI is InChI=1S/C16H24BrN3O3S/c1-3-13(2)18-16(21)12-19-8-10-20(11-9-19)24(22,23)15-7-5-4-6-14(15)17/h4-7,13H,3,8-12H2,1-2H3,(H,18,21)/p+1/t13-/m1/s1. The van der Waals surface area contributed by atoms with Crippen molar-refractivity contribution in [1.29, 1.82) is 0 Å². The molecule has 1 aromatic carbocycles. The maximum atomic E-state index is 12.7. The lowest BCUT2D eigenvalue weighted by Crippen LogP contribution is -3.15. The topological polar surface area (TPSA) is 70.9 Å². The number of hydrogen-bond acceptors (Lipinski definition) is 3. The van der Waals surface area contributed by atoms with Gasteiger partial charge in [-0.15, -0.1) is 0 Å². The minimum absolute atomic E-state index is 0.0291. The second kappa shape index (κ2) is 8.42. The van der Waals surface area contributed by atoms with Gasteiger partial charge in [0.25, 0.3) is 5.91 Å². The third-order valence-corrected chi connectivity index (χ3v) is 7.23. The first-order chi connectivity index (χ1) is 11.3. The van der Waals surface area contributed by atoms with Gasteiger partial charge in [-0.2, -0.15) is 4.31 Å². The van der Waals surface area contributed by atoms with Crippen LogP contribution in [0.25, 0.3) is 0 Å². The van der Waals surface area contributed by atoms with E-state index in [4.69, 9.17) is 0 Å². The molecule has 6 nitrogen and oxygen atoms in total. The van der Waals surface area contributed by atoms with Crippen LogP contribution in [0.5, 0.6) is 0 Å². The maximum absolute atomic E-state index is 12.7. The zero-order valence-electron chi connectivity index (χ0n) is 14.1. The molecule has 1 fully saturated rings. The second-order valence-electron chi connectivity index (χ2n) is 6.14. The van der Waals surface area contributed by atoms with Gasteiger partial charge in [-0.25, -0.2) is 8.42 Å². The largest absolute Gasteiger partial charge is 0.349 e. The SMILES string of the molecule is CC[C@@H](C)NC(=O)C[NH+]1CCN(S(=O)(=O)c2ccccc2Br)CC1. The van der Waals surface area contributed by atoms with Crippen LogP contribution in [-0.4, -0.2) is 57.4 Å². The molecule has 1 heterocycles. The van der Waals surface area contributed by atoms with Crippen molar-refractivity contribution in [3.05, 3.63) is 28.7 Å². The molecular formula is C16H25BrN3O3S+. The van der Waals surface area contributed by atoms with E-state index in [1.54, 1.807) is 24.3 Å². The molecule has 1 atom stereocenters. The average molecular weight is 419 g/mol. The van der Waals surface area contributed by atoms with Crippen molar-refractivity contribution in [3.8, 4) is 0 Å². The molecule has 1 aromatic rings. The van der Waals surface area contributed by atoms with E-state index in [1.165, 1.54) is 4.31 Å². The van der Waals surface area contributed by atoms with Crippen LogP contribution < -0.4 is 10.2 Å². The van der Waals surface area contributed by atoms with Crippen molar-refractivity contribution in [1.82, 2.24) is 9.62 Å². The van der Waals surface area contributed by atoms with Gasteiger partial charge in [-0.1, -0.05) is 19.1 Å². The average Bonchev–Trinajstić information content (AvgIpc) is 2.55. The van der Waals surface area contributed by atoms with Gasteiger partial charge in [-0.05, 0) is 41.4 Å². The van der Waals surface area contributed by atoms with Crippen LogP contribution in [0.1, 0.15) is 20.3 Å². The number of carbonyl (C=O) groups excluding carboxylic acids is 1. The summed E-state index contributed by atoms with van der Waals surface area (Å²) in [4.78, 5) is 13.4. The number of hydrogen-bond donors (Lipinski definition) is 2. The highest BCUT2D eigenvalue weighted by Gasteiger charge is 2.32. The van der Waals surface area contributed by atoms with E-state index >= 15 is 0 Å². The molecule has 0 unspecified atom stereocenters. The van der Waals surface area contributed by atoms with Crippen molar-refractivity contribution in [3.63, 3.8) is 0 Å². The van der Waals surface area contributed by atoms with Gasteiger partial charge in [0, 0.05) is 10.5 Å². The Labute approximate surface area is 152 Å². The van der Waals surface area contributed by atoms with E-state index in [0.29, 0.717) is 42.1 Å². The summed E-state index contributed by atoms with van der Waals surface area (Å²) in [5.74, 6) is 0.0291. The summed E-state index contributed by atoms with van der Waals surface area (Å²) in [6.45, 7) is 6.53. The Morgan fingerprint density at radius 3 is 2.54 bits per heavy atom. The minimum atomic E-state index is -3.49. The van der Waals surface area contributed by atoms with Gasteiger partial charge in [0.15, 0.2) is 6.54 Å². The number of sulfonamides is 1. The van der Waals surface area contributed by atoms with E-state index in [2.05, 4.69) is 21.2 Å². The van der Waals surface area contributed by atoms with Crippen molar-refractivity contribution >= 4 is 31.9 Å². The quantitative estimate of drug-likeness (QED) is 0.695. The third-order valence-electron chi connectivity index (χ3n) is 4.31. The smallest absolute Gasteiger partial charge is 0.275 e. The number of rotatable bonds is 6. The summed E-state index contributed by atoms with van der Waals surface area (Å²) in [7, 11) is -3.49. The molecule has 1 aliphatic rings. The first-order valence-electron chi connectivity index (χ1n) is 8.22.